The maximum absolute atomic E-state index is 8.78. The average Bonchev–Trinajstić information content (AvgIpc) is 3.15. The predicted octanol–water partition coefficient (Wildman–Crippen LogP) is 3.88. The molecule has 2 heterocycles. The summed E-state index contributed by atoms with van der Waals surface area (Å²) >= 11 is 7.63. The molecule has 0 saturated carbocycles. The van der Waals surface area contributed by atoms with Gasteiger partial charge in [-0.3, -0.25) is 0 Å². The van der Waals surface area contributed by atoms with Crippen LogP contribution in [0.5, 0.6) is 0 Å². The molecule has 3 aromatic rings. The highest BCUT2D eigenvalue weighted by Crippen LogP contribution is 2.29. The Morgan fingerprint density at radius 3 is 3.00 bits per heavy atom. The second-order valence-corrected chi connectivity index (χ2v) is 5.57. The molecule has 0 radical (unpaired) electrons. The largest absolute Gasteiger partial charge is 0.352 e. The molecule has 0 bridgehead atoms. The number of benzene rings is 1. The number of aromatic amines is 1. The highest BCUT2D eigenvalue weighted by Gasteiger charge is 2.11. The fourth-order valence-electron chi connectivity index (χ4n) is 1.72. The van der Waals surface area contributed by atoms with Gasteiger partial charge in [0.15, 0.2) is 5.82 Å². The predicted molar refractivity (Wildman–Crippen MR) is 79.8 cm³/mol. The van der Waals surface area contributed by atoms with Gasteiger partial charge in [-0.2, -0.15) is 10.2 Å². The molecule has 0 aliphatic carbocycles. The average molecular weight is 317 g/mol. The van der Waals surface area contributed by atoms with Crippen LogP contribution in [0.25, 0.3) is 11.5 Å². The maximum atomic E-state index is 8.78. The van der Waals surface area contributed by atoms with E-state index in [-0.39, 0.29) is 0 Å². The summed E-state index contributed by atoms with van der Waals surface area (Å²) in [7, 11) is 0. The van der Waals surface area contributed by atoms with Crippen molar-refractivity contribution in [3.05, 3.63) is 53.1 Å². The van der Waals surface area contributed by atoms with Gasteiger partial charge in [0.1, 0.15) is 11.8 Å². The summed E-state index contributed by atoms with van der Waals surface area (Å²) in [6.07, 6.45) is 1.66. The van der Waals surface area contributed by atoms with Crippen molar-refractivity contribution in [1.29, 1.82) is 5.26 Å². The zero-order valence-electron chi connectivity index (χ0n) is 10.7. The fraction of sp³-hybridized carbons (Fsp3) is 0.0714. The molecule has 0 unspecified atom stereocenters. The van der Waals surface area contributed by atoms with Crippen molar-refractivity contribution in [1.82, 2.24) is 15.1 Å². The third-order valence-corrected chi connectivity index (χ3v) is 4.22. The Kier molecular flexibility index (Phi) is 3.95. The third-order valence-electron chi connectivity index (χ3n) is 2.71. The van der Waals surface area contributed by atoms with Gasteiger partial charge in [-0.25, -0.2) is 0 Å². The standard InChI is InChI=1S/C14H9ClN4OS/c15-11-3-1-2-4-12(11)21-8-13-18-14(20-19-13)9-5-10(6-16)17-7-9/h1-5,7,17H,8H2. The Morgan fingerprint density at radius 1 is 1.38 bits per heavy atom. The van der Waals surface area contributed by atoms with Crippen molar-refractivity contribution in [3.63, 3.8) is 0 Å². The van der Waals surface area contributed by atoms with Crippen LogP contribution in [0, 0.1) is 11.3 Å². The first kappa shape index (κ1) is 13.7. The van der Waals surface area contributed by atoms with E-state index >= 15 is 0 Å². The monoisotopic (exact) mass is 316 g/mol. The molecule has 5 nitrogen and oxygen atoms in total. The molecule has 0 aliphatic heterocycles. The number of hydrogen-bond acceptors (Lipinski definition) is 5. The van der Waals surface area contributed by atoms with Crippen molar-refractivity contribution in [2.75, 3.05) is 0 Å². The van der Waals surface area contributed by atoms with E-state index in [9.17, 15) is 0 Å². The highest BCUT2D eigenvalue weighted by atomic mass is 35.5. The van der Waals surface area contributed by atoms with E-state index in [2.05, 4.69) is 15.1 Å². The highest BCUT2D eigenvalue weighted by molar-refractivity contribution is 7.98. The summed E-state index contributed by atoms with van der Waals surface area (Å²) < 4.78 is 5.19. The van der Waals surface area contributed by atoms with Crippen LogP contribution in [-0.4, -0.2) is 15.1 Å². The molecule has 0 spiro atoms. The number of nitrogens with one attached hydrogen (secondary N) is 1. The van der Waals surface area contributed by atoms with Gasteiger partial charge >= 0.3 is 0 Å². The summed E-state index contributed by atoms with van der Waals surface area (Å²) in [6, 6.07) is 11.3. The Bertz CT molecular complexity index is 805. The van der Waals surface area contributed by atoms with Crippen LogP contribution in [-0.2, 0) is 5.75 Å². The Balaban J connectivity index is 1.71. The van der Waals surface area contributed by atoms with E-state index in [1.807, 2.05) is 30.3 Å². The summed E-state index contributed by atoms with van der Waals surface area (Å²) in [4.78, 5) is 8.09. The number of aromatic nitrogens is 3. The minimum absolute atomic E-state index is 0.391. The number of H-pyrrole nitrogens is 1. The summed E-state index contributed by atoms with van der Waals surface area (Å²) in [5.41, 5.74) is 1.16. The Labute approximate surface area is 129 Å². The smallest absolute Gasteiger partial charge is 0.259 e. The van der Waals surface area contributed by atoms with E-state index in [1.54, 1.807) is 24.0 Å². The normalized spacial score (nSPS) is 10.5. The van der Waals surface area contributed by atoms with Gasteiger partial charge in [-0.15, -0.1) is 11.8 Å². The molecule has 104 valence electrons. The lowest BCUT2D eigenvalue weighted by Crippen LogP contribution is -1.84. The molecule has 0 fully saturated rings. The lowest BCUT2D eigenvalue weighted by Gasteiger charge is -2.00. The zero-order valence-corrected chi connectivity index (χ0v) is 12.3. The van der Waals surface area contributed by atoms with Gasteiger partial charge < -0.3 is 9.51 Å². The van der Waals surface area contributed by atoms with E-state index in [0.29, 0.717) is 33.7 Å². The lowest BCUT2D eigenvalue weighted by atomic mass is 10.3. The zero-order chi connectivity index (χ0) is 14.7. The van der Waals surface area contributed by atoms with E-state index in [0.717, 1.165) is 4.90 Å². The first-order valence-electron chi connectivity index (χ1n) is 6.05. The summed E-state index contributed by atoms with van der Waals surface area (Å²) in [6.45, 7) is 0. The molecule has 0 aliphatic rings. The number of rotatable bonds is 4. The van der Waals surface area contributed by atoms with Crippen LogP contribution >= 0.6 is 23.4 Å². The van der Waals surface area contributed by atoms with Crippen molar-refractivity contribution in [2.45, 2.75) is 10.6 Å². The van der Waals surface area contributed by atoms with Gasteiger partial charge in [0.2, 0.25) is 0 Å². The van der Waals surface area contributed by atoms with Crippen molar-refractivity contribution in [2.24, 2.45) is 0 Å². The molecule has 21 heavy (non-hydrogen) atoms. The molecule has 3 rings (SSSR count). The van der Waals surface area contributed by atoms with Gasteiger partial charge in [0.25, 0.3) is 5.89 Å². The van der Waals surface area contributed by atoms with Crippen LogP contribution in [0.1, 0.15) is 11.5 Å². The number of nitriles is 1. The Hall–Kier alpha value is -2.23. The van der Waals surface area contributed by atoms with E-state index in [4.69, 9.17) is 21.4 Å². The Morgan fingerprint density at radius 2 is 2.24 bits per heavy atom. The second-order valence-electron chi connectivity index (χ2n) is 4.15. The quantitative estimate of drug-likeness (QED) is 0.739. The fourth-order valence-corrected chi connectivity index (χ4v) is 2.80. The molecule has 0 saturated heterocycles. The SMILES string of the molecule is N#Cc1cc(-c2nc(CSc3ccccc3Cl)no2)c[nH]1. The second kappa shape index (κ2) is 6.04. The van der Waals surface area contributed by atoms with E-state index < -0.39 is 0 Å². The van der Waals surface area contributed by atoms with Gasteiger partial charge in [-0.05, 0) is 18.2 Å². The molecular weight excluding hydrogens is 308 g/mol. The number of nitrogens with zero attached hydrogens (tertiary/aromatic N) is 3. The van der Waals surface area contributed by atoms with Crippen molar-refractivity contribution in [3.8, 4) is 17.5 Å². The van der Waals surface area contributed by atoms with Gasteiger partial charge in [-0.1, -0.05) is 28.9 Å². The van der Waals surface area contributed by atoms with E-state index in [1.165, 1.54) is 0 Å². The van der Waals surface area contributed by atoms with Crippen LogP contribution in [0.2, 0.25) is 5.02 Å². The van der Waals surface area contributed by atoms with Crippen LogP contribution in [0.3, 0.4) is 0 Å². The lowest BCUT2D eigenvalue weighted by molar-refractivity contribution is 0.425. The number of thioether (sulfide) groups is 1. The summed E-state index contributed by atoms with van der Waals surface area (Å²) in [5, 5.41) is 13.4. The topological polar surface area (TPSA) is 78.5 Å². The van der Waals surface area contributed by atoms with Crippen LogP contribution in [0.4, 0.5) is 0 Å². The molecule has 0 atom stereocenters. The van der Waals surface area contributed by atoms with Gasteiger partial charge in [0.05, 0.1) is 16.3 Å². The maximum Gasteiger partial charge on any atom is 0.259 e. The molecule has 1 N–H and O–H groups in total. The van der Waals surface area contributed by atoms with Crippen molar-refractivity contribution < 1.29 is 4.52 Å². The molecule has 2 aromatic heterocycles. The van der Waals surface area contributed by atoms with Crippen molar-refractivity contribution >= 4 is 23.4 Å². The van der Waals surface area contributed by atoms with Crippen LogP contribution in [0.15, 0.2) is 45.9 Å². The van der Waals surface area contributed by atoms with Gasteiger partial charge in [0, 0.05) is 11.1 Å². The molecule has 1 aromatic carbocycles. The number of halogens is 1. The first-order valence-corrected chi connectivity index (χ1v) is 7.41. The van der Waals surface area contributed by atoms with Crippen LogP contribution < -0.4 is 0 Å². The number of hydrogen-bond donors (Lipinski definition) is 1. The molecular formula is C14H9ClN4OS. The minimum Gasteiger partial charge on any atom is -0.352 e. The molecule has 0 amide bonds. The summed E-state index contributed by atoms with van der Waals surface area (Å²) in [5.74, 6) is 1.53. The molecule has 7 heteroatoms. The minimum atomic E-state index is 0.391. The first-order chi connectivity index (χ1) is 10.3. The third kappa shape index (κ3) is 3.10.